The lowest BCUT2D eigenvalue weighted by atomic mass is 9.84. The topological polar surface area (TPSA) is 97.4 Å². The summed E-state index contributed by atoms with van der Waals surface area (Å²) in [7, 11) is -8.05. The minimum absolute atomic E-state index is 0.0616. The van der Waals surface area contributed by atoms with Gasteiger partial charge in [-0.1, -0.05) is 42.5 Å². The minimum Gasteiger partial charge on any atom is -0.484 e. The van der Waals surface area contributed by atoms with Crippen LogP contribution in [0.5, 0.6) is 5.75 Å². The number of fused-ring (bicyclic) bond motifs is 1. The minimum atomic E-state index is -4.03. The van der Waals surface area contributed by atoms with Crippen molar-refractivity contribution in [2.45, 2.75) is 45.6 Å². The number of Topliss-reactive ketones (excluding diaryl/α,β-unsaturated/α-hetero) is 1. The van der Waals surface area contributed by atoms with E-state index in [1.807, 2.05) is 30.3 Å². The van der Waals surface area contributed by atoms with Gasteiger partial charge in [0.15, 0.2) is 11.2 Å². The number of rotatable bonds is 13. The van der Waals surface area contributed by atoms with Crippen LogP contribution in [0.15, 0.2) is 54.6 Å². The summed E-state index contributed by atoms with van der Waals surface area (Å²) in [4.78, 5) is 13.8. The summed E-state index contributed by atoms with van der Waals surface area (Å²) < 4.78 is 56.8. The lowest BCUT2D eigenvalue weighted by Crippen LogP contribution is -2.35. The molecule has 35 heavy (non-hydrogen) atoms. The van der Waals surface area contributed by atoms with Gasteiger partial charge in [0, 0.05) is 0 Å². The molecular formula is C25H34O8P2. The van der Waals surface area contributed by atoms with Crippen molar-refractivity contribution in [3.05, 3.63) is 65.7 Å². The molecule has 0 fully saturated rings. The van der Waals surface area contributed by atoms with Crippen molar-refractivity contribution < 1.29 is 36.8 Å². The largest absolute Gasteiger partial charge is 0.484 e. The molecule has 0 radical (unpaired) electrons. The zero-order valence-electron chi connectivity index (χ0n) is 20.6. The van der Waals surface area contributed by atoms with Crippen molar-refractivity contribution in [1.29, 1.82) is 0 Å². The Balaban J connectivity index is 2.14. The van der Waals surface area contributed by atoms with E-state index >= 15 is 0 Å². The highest BCUT2D eigenvalue weighted by atomic mass is 31.2. The van der Waals surface area contributed by atoms with E-state index in [0.29, 0.717) is 11.3 Å². The normalized spacial score (nSPS) is 18.4. The van der Waals surface area contributed by atoms with Gasteiger partial charge in [-0.15, -0.1) is 0 Å². The van der Waals surface area contributed by atoms with E-state index in [4.69, 9.17) is 22.8 Å². The molecule has 8 nitrogen and oxygen atoms in total. The highest BCUT2D eigenvalue weighted by molar-refractivity contribution is 7.72. The second-order valence-corrected chi connectivity index (χ2v) is 12.7. The third kappa shape index (κ3) is 6.14. The Morgan fingerprint density at radius 2 is 1.26 bits per heavy atom. The van der Waals surface area contributed by atoms with Crippen LogP contribution in [0.25, 0.3) is 0 Å². The van der Waals surface area contributed by atoms with Gasteiger partial charge in [0.25, 0.3) is 0 Å². The third-order valence-electron chi connectivity index (χ3n) is 5.67. The first-order chi connectivity index (χ1) is 16.8. The molecule has 0 N–H and O–H groups in total. The average Bonchev–Trinajstić information content (AvgIpc) is 2.84. The predicted octanol–water partition coefficient (Wildman–Crippen LogP) is 6.87. The maximum atomic E-state index is 14.1. The van der Waals surface area contributed by atoms with Gasteiger partial charge in [-0.3, -0.25) is 13.9 Å². The fourth-order valence-corrected chi connectivity index (χ4v) is 9.73. The molecule has 2 aromatic rings. The summed E-state index contributed by atoms with van der Waals surface area (Å²) in [5.41, 5.74) is 1.18. The number of carbonyl (C=O) groups is 1. The van der Waals surface area contributed by atoms with Crippen molar-refractivity contribution in [3.63, 3.8) is 0 Å². The van der Waals surface area contributed by atoms with Crippen LogP contribution >= 0.6 is 15.2 Å². The number of benzene rings is 2. The van der Waals surface area contributed by atoms with Gasteiger partial charge in [-0.05, 0) is 51.8 Å². The molecule has 0 saturated heterocycles. The van der Waals surface area contributed by atoms with E-state index in [1.165, 1.54) is 0 Å². The number of ketones is 1. The first-order valence-corrected chi connectivity index (χ1v) is 15.2. The Morgan fingerprint density at radius 3 is 1.77 bits per heavy atom. The molecule has 0 saturated carbocycles. The summed E-state index contributed by atoms with van der Waals surface area (Å²) in [5.74, 6) is -0.569. The summed E-state index contributed by atoms with van der Waals surface area (Å²) in [6, 6.07) is 16.3. The van der Waals surface area contributed by atoms with Crippen LogP contribution in [-0.2, 0) is 27.2 Å². The first kappa shape index (κ1) is 27.8. The van der Waals surface area contributed by atoms with Crippen LogP contribution in [-0.4, -0.2) is 37.6 Å². The lowest BCUT2D eigenvalue weighted by molar-refractivity contribution is 0.0633. The Bertz CT molecular complexity index is 1020. The van der Waals surface area contributed by atoms with Gasteiger partial charge in [-0.2, -0.15) is 0 Å². The molecule has 0 unspecified atom stereocenters. The maximum Gasteiger partial charge on any atom is 0.345 e. The van der Waals surface area contributed by atoms with E-state index in [9.17, 15) is 13.9 Å². The number of carbonyl (C=O) groups excluding carboxylic acids is 1. The first-order valence-electron chi connectivity index (χ1n) is 12.0. The molecule has 10 heteroatoms. The standard InChI is InChI=1S/C25H34O8P2/c1-5-29-34(27,30-6-2)23(35(28,31-7-3)32-8-4)18-21-24(26)20-16-12-13-17-22(20)33-25(21)19-14-10-9-11-15-19/h9-17,21,23,25H,5-8,18H2,1-4H3/t21-,25-/m0/s1. The third-order valence-corrected chi connectivity index (χ3v) is 11.7. The number of ether oxygens (including phenoxy) is 1. The van der Waals surface area contributed by atoms with E-state index in [0.717, 1.165) is 5.56 Å². The molecular weight excluding hydrogens is 490 g/mol. The van der Waals surface area contributed by atoms with Gasteiger partial charge in [0.2, 0.25) is 0 Å². The van der Waals surface area contributed by atoms with E-state index in [1.54, 1.807) is 52.0 Å². The number of hydrogen-bond acceptors (Lipinski definition) is 8. The maximum absolute atomic E-state index is 14.1. The average molecular weight is 524 g/mol. The molecule has 3 rings (SSSR count). The monoisotopic (exact) mass is 524 g/mol. The molecule has 1 aliphatic heterocycles. The highest BCUT2D eigenvalue weighted by Crippen LogP contribution is 2.72. The van der Waals surface area contributed by atoms with E-state index < -0.39 is 32.6 Å². The van der Waals surface area contributed by atoms with Gasteiger partial charge in [0.1, 0.15) is 11.9 Å². The van der Waals surface area contributed by atoms with Crippen LogP contribution in [0, 0.1) is 5.92 Å². The zero-order chi connectivity index (χ0) is 25.5. The number of hydrogen-bond donors (Lipinski definition) is 0. The van der Waals surface area contributed by atoms with Crippen molar-refractivity contribution in [1.82, 2.24) is 0 Å². The van der Waals surface area contributed by atoms with Gasteiger partial charge in [0.05, 0.1) is 37.9 Å². The van der Waals surface area contributed by atoms with E-state index in [-0.39, 0.29) is 38.6 Å². The summed E-state index contributed by atoms with van der Waals surface area (Å²) in [5, 5.41) is -1.32. The fraction of sp³-hybridized carbons (Fsp3) is 0.480. The second-order valence-electron chi connectivity index (χ2n) is 7.88. The summed E-state index contributed by atoms with van der Waals surface area (Å²) in [6.45, 7) is 6.94. The Morgan fingerprint density at radius 1 is 0.771 bits per heavy atom. The van der Waals surface area contributed by atoms with Gasteiger partial charge in [-0.25, -0.2) is 0 Å². The van der Waals surface area contributed by atoms with Gasteiger partial charge < -0.3 is 22.8 Å². The Kier molecular flexibility index (Phi) is 9.88. The molecule has 0 aromatic heterocycles. The van der Waals surface area contributed by atoms with Crippen molar-refractivity contribution in [2.24, 2.45) is 5.92 Å². The Hall–Kier alpha value is -1.79. The second kappa shape index (κ2) is 12.4. The molecule has 1 aliphatic rings. The van der Waals surface area contributed by atoms with Crippen molar-refractivity contribution in [2.75, 3.05) is 26.4 Å². The quantitative estimate of drug-likeness (QED) is 0.262. The molecule has 1 heterocycles. The molecule has 192 valence electrons. The molecule has 2 atom stereocenters. The fourth-order valence-electron chi connectivity index (χ4n) is 4.30. The molecule has 2 aromatic carbocycles. The summed E-state index contributed by atoms with van der Waals surface area (Å²) in [6.07, 6.45) is -0.837. The van der Waals surface area contributed by atoms with Crippen molar-refractivity contribution >= 4 is 21.0 Å². The molecule has 0 amide bonds. The smallest absolute Gasteiger partial charge is 0.345 e. The SMILES string of the molecule is CCOP(=O)(OCC)C(C[C@H]1C(=O)c2ccccc2O[C@H]1c1ccccc1)P(=O)(OCC)OCC. The van der Waals surface area contributed by atoms with Crippen LogP contribution < -0.4 is 4.74 Å². The van der Waals surface area contributed by atoms with Crippen LogP contribution in [0.1, 0.15) is 56.1 Å². The highest BCUT2D eigenvalue weighted by Gasteiger charge is 2.54. The molecule has 0 spiro atoms. The van der Waals surface area contributed by atoms with E-state index in [2.05, 4.69) is 0 Å². The Labute approximate surface area is 207 Å². The summed E-state index contributed by atoms with van der Waals surface area (Å²) >= 11 is 0. The molecule has 0 bridgehead atoms. The van der Waals surface area contributed by atoms with Crippen LogP contribution in [0.4, 0.5) is 0 Å². The molecule has 0 aliphatic carbocycles. The predicted molar refractivity (Wildman–Crippen MR) is 134 cm³/mol. The van der Waals surface area contributed by atoms with Crippen molar-refractivity contribution in [3.8, 4) is 5.75 Å². The van der Waals surface area contributed by atoms with Crippen LogP contribution in [0.3, 0.4) is 0 Å². The zero-order valence-corrected chi connectivity index (χ0v) is 22.4. The lowest BCUT2D eigenvalue weighted by Gasteiger charge is -2.37. The van der Waals surface area contributed by atoms with Crippen LogP contribution in [0.2, 0.25) is 0 Å². The van der Waals surface area contributed by atoms with Gasteiger partial charge >= 0.3 is 15.2 Å². The number of para-hydroxylation sites is 1.